The number of rotatable bonds is 4. The second kappa shape index (κ2) is 8.88. The molecule has 4 N–H and O–H groups in total. The van der Waals surface area contributed by atoms with Gasteiger partial charge in [0.05, 0.1) is 13.2 Å². The van der Waals surface area contributed by atoms with Gasteiger partial charge in [-0.15, -0.1) is 0 Å². The van der Waals surface area contributed by atoms with Crippen LogP contribution in [-0.2, 0) is 19.5 Å². The van der Waals surface area contributed by atoms with Crippen LogP contribution in [-0.4, -0.2) is 32.2 Å². The van der Waals surface area contributed by atoms with Gasteiger partial charge in [0.2, 0.25) is 0 Å². The van der Waals surface area contributed by atoms with Crippen LogP contribution in [0.25, 0.3) is 22.3 Å². The number of fused-ring (bicyclic) bond motifs is 3. The second-order valence-electron chi connectivity index (χ2n) is 10.5. The van der Waals surface area contributed by atoms with Crippen LogP contribution in [0.5, 0.6) is 6.01 Å². The summed E-state index contributed by atoms with van der Waals surface area (Å²) in [4.78, 5) is 24.2. The summed E-state index contributed by atoms with van der Waals surface area (Å²) in [6.45, 7) is 1.74. The van der Waals surface area contributed by atoms with Crippen LogP contribution >= 0.6 is 0 Å². The number of anilines is 1. The Morgan fingerprint density at radius 1 is 1.08 bits per heavy atom. The largest absolute Gasteiger partial charge is 0.463 e. The average Bonchev–Trinajstić information content (AvgIpc) is 3.15. The molecule has 3 saturated carbocycles. The molecule has 37 heavy (non-hydrogen) atoms. The predicted octanol–water partition coefficient (Wildman–Crippen LogP) is 3.80. The van der Waals surface area contributed by atoms with Crippen LogP contribution in [0.15, 0.2) is 59.4 Å². The third kappa shape index (κ3) is 4.01. The Bertz CT molecular complexity index is 1550. The first-order valence-corrected chi connectivity index (χ1v) is 13.1. The van der Waals surface area contributed by atoms with Gasteiger partial charge in [-0.3, -0.25) is 4.57 Å². The topological polar surface area (TPSA) is 111 Å². The maximum absolute atomic E-state index is 12.8. The lowest BCUT2D eigenvalue weighted by Crippen LogP contribution is -2.61. The fraction of sp³-hybridized carbons (Fsp3) is 0.345. The van der Waals surface area contributed by atoms with Gasteiger partial charge in [-0.05, 0) is 65.3 Å². The van der Waals surface area contributed by atoms with Crippen LogP contribution in [0.4, 0.5) is 5.82 Å². The quantitative estimate of drug-likeness (QED) is 0.372. The predicted molar refractivity (Wildman–Crippen MR) is 143 cm³/mol. The van der Waals surface area contributed by atoms with Crippen molar-refractivity contribution in [2.24, 2.45) is 11.8 Å². The number of nitrogens with zero attached hydrogens (tertiary/aromatic N) is 3. The monoisotopic (exact) mass is 494 g/mol. The number of benzene rings is 2. The standard InChI is InChI=1S/C29H30N6O2/c30-26-25-27-34-28(33-26)37-11-3-1-2-4-20-12-18(16-35(27)29(36)32-25)7-10-23(20)19-8-5-17(6-9-19)15-31-24-21-13-22(24)14-21/h1-2,5-10,12,21-22,24,31H,3-4,11,13-16H2,(H,32,36)(H2,30,33,34)/b2-1-. The highest BCUT2D eigenvalue weighted by Gasteiger charge is 2.51. The molecule has 1 aliphatic heterocycles. The van der Waals surface area contributed by atoms with E-state index in [9.17, 15) is 4.79 Å². The lowest BCUT2D eigenvalue weighted by Gasteiger charge is -2.58. The fourth-order valence-electron chi connectivity index (χ4n) is 5.83. The molecular weight excluding hydrogens is 464 g/mol. The van der Waals surface area contributed by atoms with Crippen molar-refractivity contribution in [1.29, 1.82) is 0 Å². The summed E-state index contributed by atoms with van der Waals surface area (Å²) < 4.78 is 7.31. The van der Waals surface area contributed by atoms with E-state index in [-0.39, 0.29) is 17.5 Å². The second-order valence-corrected chi connectivity index (χ2v) is 10.5. The molecule has 4 aromatic rings. The number of aromatic nitrogens is 4. The molecule has 6 bridgehead atoms. The Morgan fingerprint density at radius 2 is 1.92 bits per heavy atom. The number of nitrogen functional groups attached to an aromatic ring is 1. The van der Waals surface area contributed by atoms with Gasteiger partial charge < -0.3 is 20.8 Å². The molecule has 0 unspecified atom stereocenters. The zero-order valence-electron chi connectivity index (χ0n) is 20.6. The third-order valence-corrected chi connectivity index (χ3v) is 8.19. The normalized spacial score (nSPS) is 23.1. The molecule has 0 spiro atoms. The van der Waals surface area contributed by atoms with Gasteiger partial charge in [0.15, 0.2) is 11.5 Å². The number of hydrogen-bond donors (Lipinski definition) is 3. The van der Waals surface area contributed by atoms with Crippen molar-refractivity contribution >= 4 is 17.0 Å². The highest BCUT2D eigenvalue weighted by atomic mass is 16.5. The summed E-state index contributed by atoms with van der Waals surface area (Å²) in [5, 5.41) is 3.73. The van der Waals surface area contributed by atoms with Gasteiger partial charge in [0, 0.05) is 12.6 Å². The molecule has 0 saturated heterocycles. The lowest BCUT2D eigenvalue weighted by atomic mass is 9.52. The van der Waals surface area contributed by atoms with E-state index in [1.807, 2.05) is 0 Å². The number of H-pyrrole nitrogens is 1. The minimum Gasteiger partial charge on any atom is -0.463 e. The molecule has 2 aromatic heterocycles. The van der Waals surface area contributed by atoms with Gasteiger partial charge >= 0.3 is 11.7 Å². The van der Waals surface area contributed by atoms with Crippen molar-refractivity contribution in [1.82, 2.24) is 24.8 Å². The first kappa shape index (κ1) is 22.3. The smallest absolute Gasteiger partial charge is 0.328 e. The van der Waals surface area contributed by atoms with Crippen molar-refractivity contribution in [3.8, 4) is 17.1 Å². The molecule has 3 fully saturated rings. The van der Waals surface area contributed by atoms with E-state index in [1.54, 1.807) is 4.57 Å². The summed E-state index contributed by atoms with van der Waals surface area (Å²) in [7, 11) is 0. The van der Waals surface area contributed by atoms with E-state index in [0.29, 0.717) is 24.3 Å². The Morgan fingerprint density at radius 3 is 2.70 bits per heavy atom. The van der Waals surface area contributed by atoms with Crippen molar-refractivity contribution in [2.45, 2.75) is 44.8 Å². The summed E-state index contributed by atoms with van der Waals surface area (Å²) in [6, 6.07) is 16.3. The Hall–Kier alpha value is -3.91. The molecule has 8 heteroatoms. The number of nitrogens with two attached hydrogens (primary N) is 1. The van der Waals surface area contributed by atoms with Crippen LogP contribution in [0, 0.1) is 11.8 Å². The van der Waals surface area contributed by atoms with Gasteiger partial charge in [-0.25, -0.2) is 4.79 Å². The van der Waals surface area contributed by atoms with Crippen LogP contribution in [0.3, 0.4) is 0 Å². The van der Waals surface area contributed by atoms with E-state index in [0.717, 1.165) is 42.8 Å². The van der Waals surface area contributed by atoms with E-state index in [1.165, 1.54) is 35.1 Å². The molecule has 0 amide bonds. The maximum Gasteiger partial charge on any atom is 0.328 e. The summed E-state index contributed by atoms with van der Waals surface area (Å²) in [6.07, 6.45) is 8.66. The lowest BCUT2D eigenvalue weighted by molar-refractivity contribution is -0.0420. The molecule has 0 atom stereocenters. The average molecular weight is 495 g/mol. The van der Waals surface area contributed by atoms with Gasteiger partial charge in [-0.1, -0.05) is 54.6 Å². The van der Waals surface area contributed by atoms with E-state index in [4.69, 9.17) is 10.5 Å². The summed E-state index contributed by atoms with van der Waals surface area (Å²) in [5.74, 6) is 2.05. The van der Waals surface area contributed by atoms with Crippen LogP contribution in [0.2, 0.25) is 0 Å². The zero-order chi connectivity index (χ0) is 24.9. The van der Waals surface area contributed by atoms with Crippen molar-refractivity contribution in [3.05, 3.63) is 81.8 Å². The summed E-state index contributed by atoms with van der Waals surface area (Å²) in [5.41, 5.74) is 12.7. The first-order chi connectivity index (χ1) is 18.1. The number of allylic oxidation sites excluding steroid dienone is 1. The van der Waals surface area contributed by atoms with Gasteiger partial charge in [0.1, 0.15) is 5.52 Å². The highest BCUT2D eigenvalue weighted by Crippen LogP contribution is 2.53. The van der Waals surface area contributed by atoms with E-state index in [2.05, 4.69) is 74.9 Å². The summed E-state index contributed by atoms with van der Waals surface area (Å²) >= 11 is 0. The van der Waals surface area contributed by atoms with Gasteiger partial charge in [0.25, 0.3) is 0 Å². The molecule has 3 heterocycles. The SMILES string of the molecule is Nc1nc2nc3c1[nH]c(=O)n3Cc1ccc(-c3ccc(CNC4C5CC4C5)cc3)c(c1)C/C=C\CCO2. The molecule has 8 rings (SSSR count). The zero-order valence-corrected chi connectivity index (χ0v) is 20.6. The van der Waals surface area contributed by atoms with Crippen molar-refractivity contribution in [3.63, 3.8) is 0 Å². The Balaban J connectivity index is 1.19. The van der Waals surface area contributed by atoms with E-state index < -0.39 is 0 Å². The molecule has 0 radical (unpaired) electrons. The van der Waals surface area contributed by atoms with Crippen molar-refractivity contribution < 1.29 is 4.74 Å². The number of nitrogens with one attached hydrogen (secondary N) is 2. The van der Waals surface area contributed by atoms with Crippen LogP contribution < -0.4 is 21.5 Å². The fourth-order valence-corrected chi connectivity index (χ4v) is 5.83. The molecule has 4 aliphatic rings. The third-order valence-electron chi connectivity index (χ3n) is 8.19. The molecule has 188 valence electrons. The number of hydrogen-bond acceptors (Lipinski definition) is 6. The number of imidazole rings is 1. The minimum atomic E-state index is -0.269. The molecule has 8 nitrogen and oxygen atoms in total. The van der Waals surface area contributed by atoms with E-state index >= 15 is 0 Å². The highest BCUT2D eigenvalue weighted by molar-refractivity contribution is 5.82. The number of ether oxygens (including phenoxy) is 1. The molecule has 3 aliphatic carbocycles. The first-order valence-electron chi connectivity index (χ1n) is 13.1. The number of aromatic amines is 1. The van der Waals surface area contributed by atoms with Crippen LogP contribution in [0.1, 0.15) is 36.0 Å². The molecular formula is C29H30N6O2. The Kier molecular flexibility index (Phi) is 5.35. The maximum atomic E-state index is 12.8. The van der Waals surface area contributed by atoms with Crippen molar-refractivity contribution in [2.75, 3.05) is 12.3 Å². The Labute approximate surface area is 214 Å². The molecule has 2 aromatic carbocycles. The van der Waals surface area contributed by atoms with Gasteiger partial charge in [-0.2, -0.15) is 9.97 Å². The minimum absolute atomic E-state index is 0.183.